The summed E-state index contributed by atoms with van der Waals surface area (Å²) in [6.07, 6.45) is 1.48. The van der Waals surface area contributed by atoms with Crippen LogP contribution in [0.2, 0.25) is 5.15 Å². The number of rotatable bonds is 5. The predicted molar refractivity (Wildman–Crippen MR) is 114 cm³/mol. The van der Waals surface area contributed by atoms with Crippen molar-refractivity contribution in [3.05, 3.63) is 65.1 Å². The summed E-state index contributed by atoms with van der Waals surface area (Å²) < 4.78 is 7.08. The third-order valence-electron chi connectivity index (χ3n) is 4.54. The molecular formula is C21H18ClN5O2. The van der Waals surface area contributed by atoms with Gasteiger partial charge in [-0.15, -0.1) is 0 Å². The molecule has 0 aliphatic heterocycles. The Bertz CT molecular complexity index is 1250. The Balaban J connectivity index is 1.50. The Morgan fingerprint density at radius 3 is 2.86 bits per heavy atom. The number of imidazole rings is 1. The molecule has 2 heterocycles. The van der Waals surface area contributed by atoms with Crippen molar-refractivity contribution in [2.24, 2.45) is 5.10 Å². The normalized spacial score (nSPS) is 11.4. The van der Waals surface area contributed by atoms with Gasteiger partial charge in [-0.3, -0.25) is 4.79 Å². The first-order valence-electron chi connectivity index (χ1n) is 8.93. The third kappa shape index (κ3) is 3.90. The lowest BCUT2D eigenvalue weighted by atomic mass is 10.1. The van der Waals surface area contributed by atoms with Crippen LogP contribution in [0.5, 0.6) is 5.75 Å². The fourth-order valence-corrected chi connectivity index (χ4v) is 3.31. The maximum atomic E-state index is 12.3. The van der Waals surface area contributed by atoms with Crippen LogP contribution < -0.4 is 10.2 Å². The number of hydrogen-bond donors (Lipinski definition) is 1. The lowest BCUT2D eigenvalue weighted by Crippen LogP contribution is -2.23. The highest BCUT2D eigenvalue weighted by Gasteiger charge is 2.10. The summed E-state index contributed by atoms with van der Waals surface area (Å²) in [6.45, 7) is 1.98. The third-order valence-corrected chi connectivity index (χ3v) is 4.85. The van der Waals surface area contributed by atoms with E-state index in [1.54, 1.807) is 7.11 Å². The van der Waals surface area contributed by atoms with Gasteiger partial charge in [0.05, 0.1) is 29.9 Å². The van der Waals surface area contributed by atoms with E-state index in [1.807, 2.05) is 60.0 Å². The monoisotopic (exact) mass is 407 g/mol. The summed E-state index contributed by atoms with van der Waals surface area (Å²) in [5.41, 5.74) is 5.63. The molecule has 29 heavy (non-hydrogen) atoms. The van der Waals surface area contributed by atoms with Gasteiger partial charge in [0, 0.05) is 10.9 Å². The fraction of sp³-hybridized carbons (Fsp3) is 0.143. The van der Waals surface area contributed by atoms with Gasteiger partial charge in [-0.2, -0.15) is 5.10 Å². The summed E-state index contributed by atoms with van der Waals surface area (Å²) in [5, 5.41) is 5.19. The Labute approximate surface area is 172 Å². The second-order valence-electron chi connectivity index (χ2n) is 6.45. The highest BCUT2D eigenvalue weighted by molar-refractivity contribution is 6.32. The zero-order chi connectivity index (χ0) is 20.4. The van der Waals surface area contributed by atoms with Crippen molar-refractivity contribution in [3.63, 3.8) is 0 Å². The molecule has 0 spiro atoms. The molecule has 8 heteroatoms. The Morgan fingerprint density at radius 2 is 2.03 bits per heavy atom. The van der Waals surface area contributed by atoms with E-state index in [1.165, 1.54) is 6.21 Å². The maximum absolute atomic E-state index is 12.3. The van der Waals surface area contributed by atoms with Crippen molar-refractivity contribution in [1.82, 2.24) is 20.0 Å². The molecule has 0 fully saturated rings. The van der Waals surface area contributed by atoms with E-state index >= 15 is 0 Å². The zero-order valence-corrected chi connectivity index (χ0v) is 16.6. The molecule has 2 aromatic heterocycles. The minimum atomic E-state index is -0.265. The smallest absolute Gasteiger partial charge is 0.260 e. The van der Waals surface area contributed by atoms with Crippen molar-refractivity contribution < 1.29 is 9.53 Å². The SMILES string of the molecule is COc1ccc2nc(Cl)c(/C=N\NC(=O)Cn3c(C)nc4ccccc43)cc2c1. The number of fused-ring (bicyclic) bond motifs is 2. The number of methoxy groups -OCH3 is 1. The van der Waals surface area contributed by atoms with Gasteiger partial charge in [-0.1, -0.05) is 23.7 Å². The topological polar surface area (TPSA) is 81.4 Å². The van der Waals surface area contributed by atoms with E-state index in [-0.39, 0.29) is 12.5 Å². The predicted octanol–water partition coefficient (Wildman–Crippen LogP) is 3.71. The molecule has 0 saturated heterocycles. The van der Waals surface area contributed by atoms with Crippen LogP contribution in [0.4, 0.5) is 0 Å². The van der Waals surface area contributed by atoms with E-state index < -0.39 is 0 Å². The van der Waals surface area contributed by atoms with Gasteiger partial charge in [0.15, 0.2) is 0 Å². The minimum absolute atomic E-state index is 0.116. The number of ether oxygens (including phenoxy) is 1. The van der Waals surface area contributed by atoms with Crippen LogP contribution >= 0.6 is 11.6 Å². The van der Waals surface area contributed by atoms with Crippen LogP contribution in [-0.4, -0.2) is 33.8 Å². The molecule has 0 unspecified atom stereocenters. The number of benzene rings is 2. The van der Waals surface area contributed by atoms with Gasteiger partial charge >= 0.3 is 0 Å². The number of hydrazone groups is 1. The van der Waals surface area contributed by atoms with E-state index in [9.17, 15) is 4.79 Å². The van der Waals surface area contributed by atoms with Crippen LogP contribution in [-0.2, 0) is 11.3 Å². The number of carbonyl (C=O) groups excluding carboxylic acids is 1. The number of nitrogens with zero attached hydrogens (tertiary/aromatic N) is 4. The van der Waals surface area contributed by atoms with E-state index in [2.05, 4.69) is 20.5 Å². The highest BCUT2D eigenvalue weighted by atomic mass is 35.5. The second kappa shape index (κ2) is 7.89. The number of pyridine rings is 1. The molecule has 1 N–H and O–H groups in total. The Hall–Kier alpha value is -3.45. The molecule has 4 rings (SSSR count). The van der Waals surface area contributed by atoms with Crippen LogP contribution in [0, 0.1) is 6.92 Å². The van der Waals surface area contributed by atoms with Gasteiger partial charge in [0.25, 0.3) is 5.91 Å². The van der Waals surface area contributed by atoms with Crippen LogP contribution in [0.3, 0.4) is 0 Å². The number of hydrogen-bond acceptors (Lipinski definition) is 5. The first-order valence-corrected chi connectivity index (χ1v) is 9.31. The molecular weight excluding hydrogens is 390 g/mol. The first kappa shape index (κ1) is 18.9. The second-order valence-corrected chi connectivity index (χ2v) is 6.81. The molecule has 0 atom stereocenters. The quantitative estimate of drug-likeness (QED) is 0.310. The molecule has 0 saturated carbocycles. The number of aryl methyl sites for hydroxylation is 1. The number of para-hydroxylation sites is 2. The van der Waals surface area contributed by atoms with Crippen molar-refractivity contribution in [1.29, 1.82) is 0 Å². The lowest BCUT2D eigenvalue weighted by molar-refractivity contribution is -0.121. The summed E-state index contributed by atoms with van der Waals surface area (Å²) in [4.78, 5) is 21.1. The molecule has 0 aliphatic carbocycles. The highest BCUT2D eigenvalue weighted by Crippen LogP contribution is 2.23. The van der Waals surface area contributed by atoms with Crippen molar-refractivity contribution in [2.45, 2.75) is 13.5 Å². The summed E-state index contributed by atoms with van der Waals surface area (Å²) >= 11 is 6.23. The summed E-state index contributed by atoms with van der Waals surface area (Å²) in [6, 6.07) is 15.0. The largest absolute Gasteiger partial charge is 0.497 e. The van der Waals surface area contributed by atoms with E-state index in [4.69, 9.17) is 16.3 Å². The minimum Gasteiger partial charge on any atom is -0.497 e. The first-order chi connectivity index (χ1) is 14.0. The van der Waals surface area contributed by atoms with Gasteiger partial charge in [0.2, 0.25) is 0 Å². The van der Waals surface area contributed by atoms with Gasteiger partial charge in [-0.05, 0) is 43.3 Å². The molecule has 4 aromatic rings. The molecule has 1 amide bonds. The number of nitrogens with one attached hydrogen (secondary N) is 1. The van der Waals surface area contributed by atoms with Gasteiger partial charge < -0.3 is 9.30 Å². The van der Waals surface area contributed by atoms with E-state index in [0.29, 0.717) is 10.7 Å². The number of aromatic nitrogens is 3. The molecule has 0 bridgehead atoms. The van der Waals surface area contributed by atoms with Crippen LogP contribution in [0.15, 0.2) is 53.6 Å². The average molecular weight is 408 g/mol. The zero-order valence-electron chi connectivity index (χ0n) is 15.9. The number of halogens is 1. The van der Waals surface area contributed by atoms with Crippen molar-refractivity contribution in [3.8, 4) is 5.75 Å². The fourth-order valence-electron chi connectivity index (χ4n) is 3.11. The van der Waals surface area contributed by atoms with Crippen molar-refractivity contribution in [2.75, 3.05) is 7.11 Å². The Kier molecular flexibility index (Phi) is 5.14. The standard InChI is InChI=1S/C21H18ClN5O2/c1-13-24-18-5-3-4-6-19(18)27(13)12-20(28)26-23-11-15-9-14-10-16(29-2)7-8-17(14)25-21(15)22/h3-11H,12H2,1-2H3,(H,26,28)/b23-11-. The molecule has 146 valence electrons. The molecule has 2 aromatic carbocycles. The summed E-state index contributed by atoms with van der Waals surface area (Å²) in [5.74, 6) is 1.22. The van der Waals surface area contributed by atoms with Crippen LogP contribution in [0.25, 0.3) is 21.9 Å². The molecule has 0 aliphatic rings. The number of amides is 1. The lowest BCUT2D eigenvalue weighted by Gasteiger charge is -2.06. The Morgan fingerprint density at radius 1 is 1.21 bits per heavy atom. The van der Waals surface area contributed by atoms with Gasteiger partial charge in [-0.25, -0.2) is 15.4 Å². The molecule has 0 radical (unpaired) electrons. The number of carbonyl (C=O) groups is 1. The van der Waals surface area contributed by atoms with Crippen molar-refractivity contribution >= 4 is 45.7 Å². The summed E-state index contributed by atoms with van der Waals surface area (Å²) in [7, 11) is 1.60. The molecule has 7 nitrogen and oxygen atoms in total. The van der Waals surface area contributed by atoms with Gasteiger partial charge in [0.1, 0.15) is 23.3 Å². The average Bonchev–Trinajstić information content (AvgIpc) is 3.03. The maximum Gasteiger partial charge on any atom is 0.260 e. The van der Waals surface area contributed by atoms with E-state index in [0.717, 1.165) is 33.5 Å². The van der Waals surface area contributed by atoms with Crippen LogP contribution in [0.1, 0.15) is 11.4 Å².